The third kappa shape index (κ3) is 2.11. The maximum atomic E-state index is 13.3. The minimum absolute atomic E-state index is 0.342. The average molecular weight is 208 g/mol. The summed E-state index contributed by atoms with van der Waals surface area (Å²) in [5.41, 5.74) is 1.68. The van der Waals surface area contributed by atoms with Gasteiger partial charge in [0.05, 0.1) is 0 Å². The van der Waals surface area contributed by atoms with Crippen molar-refractivity contribution in [3.05, 3.63) is 23.8 Å². The summed E-state index contributed by atoms with van der Waals surface area (Å²) in [6.07, 6.45) is 3.95. The van der Waals surface area contributed by atoms with Gasteiger partial charge in [0.25, 0.3) is 0 Å². The Hall–Kier alpha value is -1.12. The Balaban J connectivity index is 2.19. The van der Waals surface area contributed by atoms with Crippen LogP contribution >= 0.6 is 0 Å². The van der Waals surface area contributed by atoms with Gasteiger partial charge in [-0.2, -0.15) is 4.39 Å². The number of rotatable bonds is 1. The van der Waals surface area contributed by atoms with Crippen LogP contribution in [0.2, 0.25) is 0 Å². The van der Waals surface area contributed by atoms with Crippen LogP contribution < -0.4 is 4.90 Å². The Morgan fingerprint density at radius 3 is 2.73 bits per heavy atom. The summed E-state index contributed by atoms with van der Waals surface area (Å²) < 4.78 is 13.3. The van der Waals surface area contributed by atoms with Gasteiger partial charge in [-0.1, -0.05) is 6.92 Å². The summed E-state index contributed by atoms with van der Waals surface area (Å²) >= 11 is 0. The van der Waals surface area contributed by atoms with Gasteiger partial charge in [-0.25, -0.2) is 4.98 Å². The van der Waals surface area contributed by atoms with Crippen molar-refractivity contribution >= 4 is 5.69 Å². The third-order valence-corrected chi connectivity index (χ3v) is 3.24. The molecule has 2 rings (SSSR count). The lowest BCUT2D eigenvalue weighted by molar-refractivity contribution is 0.437. The van der Waals surface area contributed by atoms with E-state index in [1.807, 2.05) is 6.07 Å². The molecular weight excluding hydrogens is 191 g/mol. The molecule has 1 fully saturated rings. The first-order chi connectivity index (χ1) is 7.18. The second-order valence-electron chi connectivity index (χ2n) is 4.42. The second kappa shape index (κ2) is 4.17. The highest BCUT2D eigenvalue weighted by atomic mass is 19.1. The highest BCUT2D eigenvalue weighted by Gasteiger charge is 2.18. The number of aromatic nitrogens is 1. The van der Waals surface area contributed by atoms with E-state index >= 15 is 0 Å². The molecule has 1 aromatic heterocycles. The highest BCUT2D eigenvalue weighted by molar-refractivity contribution is 5.52. The van der Waals surface area contributed by atoms with Crippen LogP contribution in [0.5, 0.6) is 0 Å². The van der Waals surface area contributed by atoms with Crippen LogP contribution in [0.15, 0.2) is 12.3 Å². The van der Waals surface area contributed by atoms with Crippen LogP contribution in [0.1, 0.15) is 25.3 Å². The zero-order chi connectivity index (χ0) is 10.8. The maximum Gasteiger partial charge on any atom is 0.217 e. The van der Waals surface area contributed by atoms with Crippen LogP contribution in [-0.2, 0) is 0 Å². The van der Waals surface area contributed by atoms with Crippen molar-refractivity contribution in [1.82, 2.24) is 4.98 Å². The third-order valence-electron chi connectivity index (χ3n) is 3.24. The molecule has 0 N–H and O–H groups in total. The molecule has 2 nitrogen and oxygen atoms in total. The largest absolute Gasteiger partial charge is 0.371 e. The zero-order valence-corrected chi connectivity index (χ0v) is 9.33. The van der Waals surface area contributed by atoms with Gasteiger partial charge in [0, 0.05) is 30.5 Å². The fourth-order valence-electron chi connectivity index (χ4n) is 2.09. The Bertz CT molecular complexity index is 343. The first kappa shape index (κ1) is 10.4. The van der Waals surface area contributed by atoms with Gasteiger partial charge in [-0.05, 0) is 31.7 Å². The summed E-state index contributed by atoms with van der Waals surface area (Å²) in [5, 5.41) is 0. The predicted octanol–water partition coefficient (Wildman–Crippen LogP) is 2.77. The monoisotopic (exact) mass is 208 g/mol. The number of halogens is 1. The number of pyridine rings is 1. The van der Waals surface area contributed by atoms with E-state index in [-0.39, 0.29) is 5.95 Å². The Labute approximate surface area is 90.1 Å². The molecule has 0 radical (unpaired) electrons. The summed E-state index contributed by atoms with van der Waals surface area (Å²) in [6, 6.07) is 1.91. The average Bonchev–Trinajstić information content (AvgIpc) is 2.24. The van der Waals surface area contributed by atoms with Gasteiger partial charge in [0.1, 0.15) is 0 Å². The molecule has 0 amide bonds. The van der Waals surface area contributed by atoms with E-state index < -0.39 is 0 Å². The van der Waals surface area contributed by atoms with Crippen molar-refractivity contribution in [2.45, 2.75) is 26.7 Å². The summed E-state index contributed by atoms with van der Waals surface area (Å²) in [5.74, 6) is 0.458. The first-order valence-electron chi connectivity index (χ1n) is 5.54. The van der Waals surface area contributed by atoms with Crippen molar-refractivity contribution in [2.24, 2.45) is 5.92 Å². The molecule has 1 aliphatic heterocycles. The second-order valence-corrected chi connectivity index (χ2v) is 4.42. The normalized spacial score (nSPS) is 18.2. The van der Waals surface area contributed by atoms with E-state index in [1.54, 1.807) is 13.1 Å². The van der Waals surface area contributed by atoms with Crippen molar-refractivity contribution in [3.8, 4) is 0 Å². The Morgan fingerprint density at radius 1 is 1.40 bits per heavy atom. The number of nitrogens with zero attached hydrogens (tertiary/aromatic N) is 2. The summed E-state index contributed by atoms with van der Waals surface area (Å²) in [7, 11) is 0. The lowest BCUT2D eigenvalue weighted by atomic mass is 9.98. The van der Waals surface area contributed by atoms with E-state index in [0.29, 0.717) is 5.56 Å². The predicted molar refractivity (Wildman–Crippen MR) is 59.5 cm³/mol. The van der Waals surface area contributed by atoms with Gasteiger partial charge in [0.2, 0.25) is 5.95 Å². The molecule has 0 spiro atoms. The highest BCUT2D eigenvalue weighted by Crippen LogP contribution is 2.26. The summed E-state index contributed by atoms with van der Waals surface area (Å²) in [4.78, 5) is 5.92. The molecule has 0 bridgehead atoms. The Kier molecular flexibility index (Phi) is 2.89. The SMILES string of the molecule is Cc1c(N2CCC(C)CC2)ccnc1F. The fourth-order valence-corrected chi connectivity index (χ4v) is 2.09. The molecule has 0 saturated carbocycles. The minimum atomic E-state index is -0.342. The molecule has 0 aliphatic carbocycles. The molecule has 0 unspecified atom stereocenters. The van der Waals surface area contributed by atoms with Crippen molar-refractivity contribution < 1.29 is 4.39 Å². The van der Waals surface area contributed by atoms with Crippen molar-refractivity contribution in [2.75, 3.05) is 18.0 Å². The summed E-state index contributed by atoms with van der Waals surface area (Å²) in [6.45, 7) is 6.14. The van der Waals surface area contributed by atoms with Crippen molar-refractivity contribution in [1.29, 1.82) is 0 Å². The van der Waals surface area contributed by atoms with Crippen LogP contribution in [0.3, 0.4) is 0 Å². The minimum Gasteiger partial charge on any atom is -0.371 e. The van der Waals surface area contributed by atoms with Gasteiger partial charge >= 0.3 is 0 Å². The molecule has 1 aliphatic rings. The molecule has 1 aromatic rings. The van der Waals surface area contributed by atoms with E-state index in [9.17, 15) is 4.39 Å². The molecule has 1 saturated heterocycles. The maximum absolute atomic E-state index is 13.3. The van der Waals surface area contributed by atoms with Gasteiger partial charge < -0.3 is 4.90 Å². The number of piperidine rings is 1. The van der Waals surface area contributed by atoms with E-state index in [0.717, 1.165) is 24.7 Å². The number of hydrogen-bond acceptors (Lipinski definition) is 2. The van der Waals surface area contributed by atoms with E-state index in [2.05, 4.69) is 16.8 Å². The lowest BCUT2D eigenvalue weighted by Gasteiger charge is -2.33. The van der Waals surface area contributed by atoms with Gasteiger partial charge in [0.15, 0.2) is 0 Å². The quantitative estimate of drug-likeness (QED) is 0.660. The van der Waals surface area contributed by atoms with Gasteiger partial charge in [-0.15, -0.1) is 0 Å². The van der Waals surface area contributed by atoms with Gasteiger partial charge in [-0.3, -0.25) is 0 Å². The lowest BCUT2D eigenvalue weighted by Crippen LogP contribution is -2.33. The van der Waals surface area contributed by atoms with Crippen LogP contribution in [0.4, 0.5) is 10.1 Å². The fraction of sp³-hybridized carbons (Fsp3) is 0.583. The molecule has 0 aromatic carbocycles. The van der Waals surface area contributed by atoms with Crippen LogP contribution in [0, 0.1) is 18.8 Å². The molecule has 82 valence electrons. The van der Waals surface area contributed by atoms with E-state index in [1.165, 1.54) is 12.8 Å². The Morgan fingerprint density at radius 2 is 2.07 bits per heavy atom. The van der Waals surface area contributed by atoms with Crippen molar-refractivity contribution in [3.63, 3.8) is 0 Å². The molecule has 0 atom stereocenters. The van der Waals surface area contributed by atoms with Crippen LogP contribution in [-0.4, -0.2) is 18.1 Å². The number of hydrogen-bond donors (Lipinski definition) is 0. The molecular formula is C12H17FN2. The first-order valence-corrected chi connectivity index (χ1v) is 5.54. The van der Waals surface area contributed by atoms with E-state index in [4.69, 9.17) is 0 Å². The molecule has 3 heteroatoms. The number of anilines is 1. The molecule has 2 heterocycles. The topological polar surface area (TPSA) is 16.1 Å². The van der Waals surface area contributed by atoms with Crippen LogP contribution in [0.25, 0.3) is 0 Å². The molecule has 15 heavy (non-hydrogen) atoms. The standard InChI is InChI=1S/C12H17FN2/c1-9-4-7-15(8-5-9)11-3-6-14-12(13)10(11)2/h3,6,9H,4-5,7-8H2,1-2H3. The zero-order valence-electron chi connectivity index (χ0n) is 9.33. The smallest absolute Gasteiger partial charge is 0.217 e.